The maximum absolute atomic E-state index is 13.1. The van der Waals surface area contributed by atoms with E-state index >= 15 is 0 Å². The second-order valence-electron chi connectivity index (χ2n) is 6.92. The summed E-state index contributed by atoms with van der Waals surface area (Å²) in [7, 11) is 1.57. The van der Waals surface area contributed by atoms with E-state index in [1.54, 1.807) is 38.3 Å². The number of carbonyl (C=O) groups excluding carboxylic acids is 2. The minimum absolute atomic E-state index is 0.194. The molecule has 0 aliphatic heterocycles. The van der Waals surface area contributed by atoms with Crippen LogP contribution in [0.2, 0.25) is 0 Å². The number of benzene rings is 1. The number of ketones is 1. The van der Waals surface area contributed by atoms with Gasteiger partial charge in [-0.1, -0.05) is 0 Å². The molecule has 0 atom stereocenters. The average molecular weight is 410 g/mol. The fourth-order valence-electron chi connectivity index (χ4n) is 3.78. The van der Waals surface area contributed by atoms with Crippen molar-refractivity contribution >= 4 is 39.0 Å². The van der Waals surface area contributed by atoms with Crippen molar-refractivity contribution in [3.8, 4) is 5.75 Å². The highest BCUT2D eigenvalue weighted by atomic mass is 32.1. The SMILES string of the molecule is CCOC(=O)c1c2c(nc3sc(C(=O)c4ccc(OC)cc4)c(N)c13)CCCC2. The number of hydrogen-bond donors (Lipinski definition) is 1. The van der Waals surface area contributed by atoms with Crippen LogP contribution in [0.15, 0.2) is 24.3 Å². The van der Waals surface area contributed by atoms with Crippen LogP contribution in [0.3, 0.4) is 0 Å². The van der Waals surface area contributed by atoms with Crippen molar-refractivity contribution in [1.29, 1.82) is 0 Å². The molecule has 150 valence electrons. The third-order valence-electron chi connectivity index (χ3n) is 5.19. The molecule has 29 heavy (non-hydrogen) atoms. The number of thiophene rings is 1. The number of esters is 1. The van der Waals surface area contributed by atoms with Crippen molar-refractivity contribution in [1.82, 2.24) is 4.98 Å². The van der Waals surface area contributed by atoms with Gasteiger partial charge in [0.2, 0.25) is 5.78 Å². The van der Waals surface area contributed by atoms with Gasteiger partial charge in [0.1, 0.15) is 15.5 Å². The first kappa shape index (κ1) is 19.4. The van der Waals surface area contributed by atoms with Crippen LogP contribution in [-0.4, -0.2) is 30.5 Å². The molecule has 2 aromatic heterocycles. The molecule has 4 rings (SSSR count). The normalized spacial score (nSPS) is 13.2. The third-order valence-corrected chi connectivity index (χ3v) is 6.29. The topological polar surface area (TPSA) is 91.5 Å². The van der Waals surface area contributed by atoms with E-state index in [1.807, 2.05) is 0 Å². The molecule has 1 aliphatic carbocycles. The van der Waals surface area contributed by atoms with Gasteiger partial charge in [0, 0.05) is 16.6 Å². The Kier molecular flexibility index (Phi) is 5.24. The summed E-state index contributed by atoms with van der Waals surface area (Å²) < 4.78 is 10.5. The van der Waals surface area contributed by atoms with Crippen LogP contribution >= 0.6 is 11.3 Å². The number of ether oxygens (including phenoxy) is 2. The molecule has 0 unspecified atom stereocenters. The molecule has 1 aliphatic rings. The Morgan fingerprint density at radius 1 is 1.17 bits per heavy atom. The molecule has 7 heteroatoms. The summed E-state index contributed by atoms with van der Waals surface area (Å²) in [5, 5.41) is 0.547. The fraction of sp³-hybridized carbons (Fsp3) is 0.318. The molecule has 0 spiro atoms. The molecule has 0 radical (unpaired) electrons. The maximum atomic E-state index is 13.1. The highest BCUT2D eigenvalue weighted by Gasteiger charge is 2.29. The summed E-state index contributed by atoms with van der Waals surface area (Å²) >= 11 is 1.23. The first-order chi connectivity index (χ1) is 14.0. The van der Waals surface area contributed by atoms with Gasteiger partial charge in [0.15, 0.2) is 0 Å². The zero-order valence-electron chi connectivity index (χ0n) is 16.4. The number of nitrogen functional groups attached to an aromatic ring is 1. The number of nitrogens with two attached hydrogens (primary N) is 1. The van der Waals surface area contributed by atoms with Crippen LogP contribution in [0, 0.1) is 0 Å². The monoisotopic (exact) mass is 410 g/mol. The van der Waals surface area contributed by atoms with E-state index in [9.17, 15) is 9.59 Å². The predicted molar refractivity (Wildman–Crippen MR) is 113 cm³/mol. The molecule has 0 bridgehead atoms. The quantitative estimate of drug-likeness (QED) is 0.501. The summed E-state index contributed by atoms with van der Waals surface area (Å²) in [5.41, 5.74) is 9.53. The lowest BCUT2D eigenvalue weighted by Crippen LogP contribution is -2.15. The van der Waals surface area contributed by atoms with Gasteiger partial charge in [-0.2, -0.15) is 0 Å². The Balaban J connectivity index is 1.89. The zero-order chi connectivity index (χ0) is 20.5. The molecule has 0 fully saturated rings. The third kappa shape index (κ3) is 3.35. The van der Waals surface area contributed by atoms with Gasteiger partial charge < -0.3 is 15.2 Å². The van der Waals surface area contributed by atoms with E-state index < -0.39 is 5.97 Å². The van der Waals surface area contributed by atoms with Crippen molar-refractivity contribution in [2.24, 2.45) is 0 Å². The van der Waals surface area contributed by atoms with Gasteiger partial charge in [0.05, 0.1) is 25.0 Å². The standard InChI is InChI=1S/C22H22N2O4S/c1-3-28-22(26)16-14-6-4-5-7-15(14)24-21-17(16)18(23)20(29-21)19(25)12-8-10-13(27-2)11-9-12/h8-11H,3-7,23H2,1-2H3. The van der Waals surface area contributed by atoms with Crippen LogP contribution in [0.5, 0.6) is 5.75 Å². The summed E-state index contributed by atoms with van der Waals surface area (Å²) in [6.07, 6.45) is 3.61. The molecule has 2 N–H and O–H groups in total. The Labute approximate surface area is 172 Å². The summed E-state index contributed by atoms with van der Waals surface area (Å²) in [4.78, 5) is 31.7. The smallest absolute Gasteiger partial charge is 0.339 e. The van der Waals surface area contributed by atoms with Crippen LogP contribution in [0.25, 0.3) is 10.2 Å². The average Bonchev–Trinajstić information content (AvgIpc) is 3.07. The second kappa shape index (κ2) is 7.83. The number of methoxy groups -OCH3 is 1. The van der Waals surface area contributed by atoms with E-state index in [0.29, 0.717) is 37.7 Å². The number of anilines is 1. The van der Waals surface area contributed by atoms with Crippen LogP contribution in [-0.2, 0) is 17.6 Å². The predicted octanol–water partition coefficient (Wildman–Crippen LogP) is 4.17. The largest absolute Gasteiger partial charge is 0.497 e. The van der Waals surface area contributed by atoms with Crippen molar-refractivity contribution < 1.29 is 19.1 Å². The molecular weight excluding hydrogens is 388 g/mol. The van der Waals surface area contributed by atoms with Crippen LogP contribution in [0.4, 0.5) is 5.69 Å². The maximum Gasteiger partial charge on any atom is 0.339 e. The number of aryl methyl sites for hydroxylation is 1. The number of pyridine rings is 1. The highest BCUT2D eigenvalue weighted by Crippen LogP contribution is 2.40. The minimum Gasteiger partial charge on any atom is -0.497 e. The zero-order valence-corrected chi connectivity index (χ0v) is 17.2. The van der Waals surface area contributed by atoms with Crippen molar-refractivity contribution in [2.45, 2.75) is 32.6 Å². The first-order valence-electron chi connectivity index (χ1n) is 9.64. The van der Waals surface area contributed by atoms with E-state index in [4.69, 9.17) is 20.2 Å². The lowest BCUT2D eigenvalue weighted by atomic mass is 9.90. The van der Waals surface area contributed by atoms with E-state index in [0.717, 1.165) is 36.9 Å². The number of rotatable bonds is 5. The van der Waals surface area contributed by atoms with Crippen LogP contribution in [0.1, 0.15) is 56.6 Å². The minimum atomic E-state index is -0.397. The van der Waals surface area contributed by atoms with E-state index in [2.05, 4.69) is 0 Å². The van der Waals surface area contributed by atoms with Gasteiger partial charge in [-0.05, 0) is 62.4 Å². The Hall–Kier alpha value is -2.93. The molecule has 6 nitrogen and oxygen atoms in total. The van der Waals surface area contributed by atoms with Gasteiger partial charge in [0.25, 0.3) is 0 Å². The van der Waals surface area contributed by atoms with Crippen molar-refractivity contribution in [3.05, 3.63) is 51.5 Å². The van der Waals surface area contributed by atoms with Crippen LogP contribution < -0.4 is 10.5 Å². The molecule has 0 saturated heterocycles. The Morgan fingerprint density at radius 3 is 2.59 bits per heavy atom. The molecule has 3 aromatic rings. The van der Waals surface area contributed by atoms with Crippen molar-refractivity contribution in [2.75, 3.05) is 19.5 Å². The van der Waals surface area contributed by atoms with Crippen molar-refractivity contribution in [3.63, 3.8) is 0 Å². The number of carbonyl (C=O) groups is 2. The summed E-state index contributed by atoms with van der Waals surface area (Å²) in [5.74, 6) is 0.0803. The summed E-state index contributed by atoms with van der Waals surface area (Å²) in [6, 6.07) is 6.88. The molecular formula is C22H22N2O4S. The fourth-order valence-corrected chi connectivity index (χ4v) is 4.86. The second-order valence-corrected chi connectivity index (χ2v) is 7.92. The Morgan fingerprint density at radius 2 is 1.90 bits per heavy atom. The molecule has 1 aromatic carbocycles. The lowest BCUT2D eigenvalue weighted by Gasteiger charge is -2.18. The van der Waals surface area contributed by atoms with Gasteiger partial charge in [-0.3, -0.25) is 4.79 Å². The molecule has 0 amide bonds. The van der Waals surface area contributed by atoms with Gasteiger partial charge >= 0.3 is 5.97 Å². The summed E-state index contributed by atoms with van der Waals surface area (Å²) in [6.45, 7) is 2.05. The Bertz CT molecular complexity index is 1100. The lowest BCUT2D eigenvalue weighted by molar-refractivity contribution is 0.0527. The number of nitrogens with zero attached hydrogens (tertiary/aromatic N) is 1. The number of hydrogen-bond acceptors (Lipinski definition) is 7. The number of aromatic nitrogens is 1. The number of fused-ring (bicyclic) bond motifs is 2. The van der Waals surface area contributed by atoms with E-state index in [1.165, 1.54) is 11.3 Å². The van der Waals surface area contributed by atoms with E-state index in [-0.39, 0.29) is 12.4 Å². The van der Waals surface area contributed by atoms with Gasteiger partial charge in [-0.15, -0.1) is 11.3 Å². The van der Waals surface area contributed by atoms with Gasteiger partial charge in [-0.25, -0.2) is 9.78 Å². The molecule has 0 saturated carbocycles. The molecule has 2 heterocycles. The highest BCUT2D eigenvalue weighted by molar-refractivity contribution is 7.21. The first-order valence-corrected chi connectivity index (χ1v) is 10.5.